The van der Waals surface area contributed by atoms with Crippen LogP contribution in [0.25, 0.3) is 0 Å². The molecule has 120 valence electrons. The van der Waals surface area contributed by atoms with Crippen molar-refractivity contribution in [3.05, 3.63) is 0 Å². The largest absolute Gasteiger partial charge is 0.315 e. The molecule has 1 unspecified atom stereocenters. The third-order valence-corrected chi connectivity index (χ3v) is 5.79. The second-order valence-corrected chi connectivity index (χ2v) is 8.25. The van der Waals surface area contributed by atoms with Crippen LogP contribution in [0.1, 0.15) is 40.0 Å². The van der Waals surface area contributed by atoms with E-state index in [1.54, 1.807) is 4.31 Å². The fourth-order valence-corrected chi connectivity index (χ4v) is 4.51. The van der Waals surface area contributed by atoms with Crippen LogP contribution in [0.3, 0.4) is 0 Å². The van der Waals surface area contributed by atoms with Gasteiger partial charge in [-0.2, -0.15) is 4.31 Å². The van der Waals surface area contributed by atoms with Crippen molar-refractivity contribution in [1.29, 1.82) is 0 Å². The molecule has 1 atom stereocenters. The highest BCUT2D eigenvalue weighted by Gasteiger charge is 2.29. The van der Waals surface area contributed by atoms with Gasteiger partial charge in [0.2, 0.25) is 10.0 Å². The second kappa shape index (κ2) is 8.32. The molecular weight excluding hydrogens is 274 g/mol. The third kappa shape index (κ3) is 6.08. The summed E-state index contributed by atoms with van der Waals surface area (Å²) in [7, 11) is -1.04. The fourth-order valence-electron chi connectivity index (χ4n) is 2.68. The summed E-state index contributed by atoms with van der Waals surface area (Å²) in [5, 5.41) is 3.32. The summed E-state index contributed by atoms with van der Waals surface area (Å²) in [4.78, 5) is 2.22. The lowest BCUT2D eigenvalue weighted by Gasteiger charge is -2.27. The fraction of sp³-hybridized carbons (Fsp3) is 1.00. The molecule has 0 aliphatic carbocycles. The molecule has 0 radical (unpaired) electrons. The Morgan fingerprint density at radius 3 is 2.60 bits per heavy atom. The van der Waals surface area contributed by atoms with Gasteiger partial charge in [-0.25, -0.2) is 8.42 Å². The minimum atomic E-state index is -3.10. The molecule has 1 heterocycles. The first-order valence-corrected chi connectivity index (χ1v) is 9.35. The van der Waals surface area contributed by atoms with E-state index in [1.807, 2.05) is 6.92 Å². The number of hydrogen-bond donors (Lipinski definition) is 1. The van der Waals surface area contributed by atoms with Crippen molar-refractivity contribution < 1.29 is 8.42 Å². The topological polar surface area (TPSA) is 52.7 Å². The quantitative estimate of drug-likeness (QED) is 0.716. The average Bonchev–Trinajstić information content (AvgIpc) is 2.49. The van der Waals surface area contributed by atoms with E-state index in [9.17, 15) is 8.42 Å². The number of sulfonamides is 1. The van der Waals surface area contributed by atoms with Gasteiger partial charge in [0.25, 0.3) is 0 Å². The molecule has 0 aromatic carbocycles. The highest BCUT2D eigenvalue weighted by Crippen LogP contribution is 2.15. The third-order valence-electron chi connectivity index (χ3n) is 3.72. The Morgan fingerprint density at radius 2 is 1.95 bits per heavy atom. The molecule has 1 fully saturated rings. The maximum Gasteiger partial charge on any atom is 0.214 e. The first kappa shape index (κ1) is 17.9. The zero-order valence-electron chi connectivity index (χ0n) is 13.4. The molecule has 0 aromatic rings. The molecule has 20 heavy (non-hydrogen) atoms. The summed E-state index contributed by atoms with van der Waals surface area (Å²) in [5.41, 5.74) is 0. The van der Waals surface area contributed by atoms with Crippen molar-refractivity contribution in [1.82, 2.24) is 14.5 Å². The van der Waals surface area contributed by atoms with E-state index in [0.717, 1.165) is 38.9 Å². The minimum Gasteiger partial charge on any atom is -0.315 e. The van der Waals surface area contributed by atoms with Crippen LogP contribution in [0.15, 0.2) is 0 Å². The van der Waals surface area contributed by atoms with Gasteiger partial charge in [-0.3, -0.25) is 0 Å². The Kier molecular flexibility index (Phi) is 7.43. The average molecular weight is 305 g/mol. The van der Waals surface area contributed by atoms with Gasteiger partial charge < -0.3 is 10.2 Å². The van der Waals surface area contributed by atoms with Gasteiger partial charge in [0.15, 0.2) is 0 Å². The molecule has 0 spiro atoms. The number of nitrogens with one attached hydrogen (secondary N) is 1. The van der Waals surface area contributed by atoms with Crippen molar-refractivity contribution in [2.45, 2.75) is 52.1 Å². The predicted octanol–water partition coefficient (Wildman–Crippen LogP) is 1.12. The zero-order chi connectivity index (χ0) is 15.2. The smallest absolute Gasteiger partial charge is 0.214 e. The van der Waals surface area contributed by atoms with Crippen LogP contribution in [-0.4, -0.2) is 68.7 Å². The number of nitrogens with zero attached hydrogens (tertiary/aromatic N) is 2. The normalized spacial score (nSPS) is 23.1. The molecule has 1 aliphatic heterocycles. The van der Waals surface area contributed by atoms with Crippen molar-refractivity contribution >= 4 is 10.0 Å². The summed E-state index contributed by atoms with van der Waals surface area (Å²) in [6.45, 7) is 9.59. The van der Waals surface area contributed by atoms with Gasteiger partial charge in [-0.05, 0) is 46.3 Å². The Bertz CT molecular complexity index is 371. The first-order valence-electron chi connectivity index (χ1n) is 7.74. The lowest BCUT2D eigenvalue weighted by atomic mass is 10.3. The van der Waals surface area contributed by atoms with E-state index in [4.69, 9.17) is 0 Å². The van der Waals surface area contributed by atoms with Gasteiger partial charge >= 0.3 is 0 Å². The van der Waals surface area contributed by atoms with Crippen LogP contribution in [0, 0.1) is 0 Å². The van der Waals surface area contributed by atoms with Crippen molar-refractivity contribution in [2.24, 2.45) is 0 Å². The van der Waals surface area contributed by atoms with Crippen LogP contribution in [0.4, 0.5) is 0 Å². The van der Waals surface area contributed by atoms with Gasteiger partial charge in [-0.1, -0.05) is 13.8 Å². The van der Waals surface area contributed by atoms with E-state index < -0.39 is 10.0 Å². The Labute approximate surface area is 124 Å². The Hall–Kier alpha value is -0.170. The van der Waals surface area contributed by atoms with E-state index in [-0.39, 0.29) is 11.8 Å². The van der Waals surface area contributed by atoms with Gasteiger partial charge in [0.1, 0.15) is 0 Å². The van der Waals surface area contributed by atoms with Gasteiger partial charge in [0, 0.05) is 25.2 Å². The molecular formula is C14H31N3O2S. The molecule has 6 heteroatoms. The van der Waals surface area contributed by atoms with Crippen LogP contribution < -0.4 is 5.32 Å². The SMILES string of the molecule is CC(C)NCCCCS(=O)(=O)N1CCCN(C)CC1C. The number of likely N-dealkylation sites (N-methyl/N-ethyl adjacent to an activating group) is 1. The summed E-state index contributed by atoms with van der Waals surface area (Å²) in [6, 6.07) is 0.550. The van der Waals surface area contributed by atoms with Crippen LogP contribution >= 0.6 is 0 Å². The minimum absolute atomic E-state index is 0.0845. The van der Waals surface area contributed by atoms with E-state index in [1.165, 1.54) is 0 Å². The monoisotopic (exact) mass is 305 g/mol. The molecule has 1 N–H and O–H groups in total. The molecule has 0 aromatic heterocycles. The summed E-state index contributed by atoms with van der Waals surface area (Å²) < 4.78 is 26.6. The van der Waals surface area contributed by atoms with Crippen LogP contribution in [0.5, 0.6) is 0 Å². The number of unbranched alkanes of at least 4 members (excludes halogenated alkanes) is 1. The zero-order valence-corrected chi connectivity index (χ0v) is 14.2. The van der Waals surface area contributed by atoms with E-state index >= 15 is 0 Å². The number of hydrogen-bond acceptors (Lipinski definition) is 4. The molecule has 1 aliphatic rings. The highest BCUT2D eigenvalue weighted by molar-refractivity contribution is 7.89. The Balaban J connectivity index is 2.42. The molecule has 0 bridgehead atoms. The standard InChI is InChI=1S/C14H31N3O2S/c1-13(2)15-8-5-6-11-20(18,19)17-10-7-9-16(4)12-14(17)3/h13-15H,5-12H2,1-4H3. The lowest BCUT2D eigenvalue weighted by molar-refractivity contribution is 0.290. The molecule has 1 saturated heterocycles. The van der Waals surface area contributed by atoms with E-state index in [2.05, 4.69) is 31.1 Å². The van der Waals surface area contributed by atoms with Crippen molar-refractivity contribution in [3.8, 4) is 0 Å². The first-order chi connectivity index (χ1) is 9.33. The van der Waals surface area contributed by atoms with Crippen molar-refractivity contribution in [2.75, 3.05) is 39.0 Å². The van der Waals surface area contributed by atoms with E-state index in [0.29, 0.717) is 12.6 Å². The number of rotatable bonds is 7. The Morgan fingerprint density at radius 1 is 1.25 bits per heavy atom. The molecule has 0 amide bonds. The summed E-state index contributed by atoms with van der Waals surface area (Å²) in [6.07, 6.45) is 2.58. The molecule has 0 saturated carbocycles. The van der Waals surface area contributed by atoms with Gasteiger partial charge in [-0.15, -0.1) is 0 Å². The van der Waals surface area contributed by atoms with Crippen LogP contribution in [-0.2, 0) is 10.0 Å². The maximum atomic E-state index is 12.4. The summed E-state index contributed by atoms with van der Waals surface area (Å²) in [5.74, 6) is 0.279. The second-order valence-electron chi connectivity index (χ2n) is 6.21. The highest BCUT2D eigenvalue weighted by atomic mass is 32.2. The summed E-state index contributed by atoms with van der Waals surface area (Å²) >= 11 is 0. The van der Waals surface area contributed by atoms with Gasteiger partial charge in [0.05, 0.1) is 5.75 Å². The van der Waals surface area contributed by atoms with Crippen molar-refractivity contribution in [3.63, 3.8) is 0 Å². The lowest BCUT2D eigenvalue weighted by Crippen LogP contribution is -2.43. The molecule has 1 rings (SSSR count). The maximum absolute atomic E-state index is 12.4. The molecule has 5 nitrogen and oxygen atoms in total. The van der Waals surface area contributed by atoms with Crippen LogP contribution in [0.2, 0.25) is 0 Å². The predicted molar refractivity (Wildman–Crippen MR) is 84.4 cm³/mol.